The Kier molecular flexibility index (Phi) is 5.38. The van der Waals surface area contributed by atoms with Crippen LogP contribution in [0.2, 0.25) is 0 Å². The number of rotatable bonds is 7. The Labute approximate surface area is 102 Å². The van der Waals surface area contributed by atoms with Crippen LogP contribution in [0.4, 0.5) is 0 Å². The summed E-state index contributed by atoms with van der Waals surface area (Å²) in [4.78, 5) is 0. The van der Waals surface area contributed by atoms with Gasteiger partial charge in [-0.1, -0.05) is 0 Å². The van der Waals surface area contributed by atoms with Crippen molar-refractivity contribution >= 4 is 11.8 Å². The summed E-state index contributed by atoms with van der Waals surface area (Å²) in [5.74, 6) is 2.73. The second-order valence-corrected chi connectivity index (χ2v) is 5.66. The van der Waals surface area contributed by atoms with Crippen molar-refractivity contribution < 1.29 is 9.52 Å². The van der Waals surface area contributed by atoms with Gasteiger partial charge in [-0.05, 0) is 32.9 Å². The largest absolute Gasteiger partial charge is 0.468 e. The minimum absolute atomic E-state index is 0.248. The van der Waals surface area contributed by atoms with Crippen molar-refractivity contribution in [2.45, 2.75) is 32.4 Å². The van der Waals surface area contributed by atoms with Crippen LogP contribution in [-0.4, -0.2) is 28.8 Å². The van der Waals surface area contributed by atoms with Gasteiger partial charge in [0.2, 0.25) is 0 Å². The maximum absolute atomic E-state index is 9.52. The standard InChI is InChI=1S/C12H21NO2S/c1-10(11-5-4-7-15-11)13-6-8-16-9-12(2,3)14/h4-5,7,10,13-14H,6,8-9H2,1-3H3. The fraction of sp³-hybridized carbons (Fsp3) is 0.667. The molecule has 0 aliphatic rings. The zero-order valence-corrected chi connectivity index (χ0v) is 11.0. The van der Waals surface area contributed by atoms with Gasteiger partial charge in [-0.25, -0.2) is 0 Å². The fourth-order valence-electron chi connectivity index (χ4n) is 1.31. The third-order valence-electron chi connectivity index (χ3n) is 2.12. The number of thioether (sulfide) groups is 1. The van der Waals surface area contributed by atoms with E-state index >= 15 is 0 Å². The predicted octanol–water partition coefficient (Wildman–Crippen LogP) is 2.43. The molecule has 16 heavy (non-hydrogen) atoms. The Morgan fingerprint density at radius 2 is 2.31 bits per heavy atom. The second kappa shape index (κ2) is 6.33. The highest BCUT2D eigenvalue weighted by molar-refractivity contribution is 7.99. The van der Waals surface area contributed by atoms with Crippen molar-refractivity contribution in [3.8, 4) is 0 Å². The molecule has 0 bridgehead atoms. The first-order valence-corrected chi connectivity index (χ1v) is 6.71. The molecule has 3 nitrogen and oxygen atoms in total. The predicted molar refractivity (Wildman–Crippen MR) is 68.7 cm³/mol. The molecule has 1 aromatic rings. The lowest BCUT2D eigenvalue weighted by Crippen LogP contribution is -2.24. The van der Waals surface area contributed by atoms with Gasteiger partial charge < -0.3 is 14.8 Å². The summed E-state index contributed by atoms with van der Waals surface area (Å²) < 4.78 is 5.30. The van der Waals surface area contributed by atoms with E-state index in [4.69, 9.17) is 4.42 Å². The van der Waals surface area contributed by atoms with Crippen LogP contribution in [-0.2, 0) is 0 Å². The first-order valence-electron chi connectivity index (χ1n) is 5.56. The molecule has 0 saturated heterocycles. The van der Waals surface area contributed by atoms with Crippen LogP contribution in [0.1, 0.15) is 32.6 Å². The van der Waals surface area contributed by atoms with Crippen LogP contribution in [0.3, 0.4) is 0 Å². The molecule has 0 amide bonds. The van der Waals surface area contributed by atoms with E-state index in [1.165, 1.54) is 0 Å². The summed E-state index contributed by atoms with van der Waals surface area (Å²) >= 11 is 1.76. The van der Waals surface area contributed by atoms with Gasteiger partial charge in [-0.2, -0.15) is 11.8 Å². The highest BCUT2D eigenvalue weighted by atomic mass is 32.2. The van der Waals surface area contributed by atoms with Crippen molar-refractivity contribution in [3.63, 3.8) is 0 Å². The van der Waals surface area contributed by atoms with Gasteiger partial charge in [0.1, 0.15) is 5.76 Å². The minimum atomic E-state index is -0.572. The zero-order valence-electron chi connectivity index (χ0n) is 10.2. The van der Waals surface area contributed by atoms with Crippen LogP contribution in [0.5, 0.6) is 0 Å². The van der Waals surface area contributed by atoms with E-state index in [9.17, 15) is 5.11 Å². The highest BCUT2D eigenvalue weighted by Gasteiger charge is 2.12. The first kappa shape index (κ1) is 13.6. The summed E-state index contributed by atoms with van der Waals surface area (Å²) in [6.45, 7) is 6.67. The molecule has 0 aromatic carbocycles. The van der Waals surface area contributed by atoms with E-state index in [0.717, 1.165) is 23.8 Å². The number of aliphatic hydroxyl groups is 1. The maximum Gasteiger partial charge on any atom is 0.120 e. The van der Waals surface area contributed by atoms with Crippen molar-refractivity contribution in [2.75, 3.05) is 18.1 Å². The molecule has 1 atom stereocenters. The van der Waals surface area contributed by atoms with Crippen molar-refractivity contribution in [3.05, 3.63) is 24.2 Å². The number of hydrogen-bond acceptors (Lipinski definition) is 4. The summed E-state index contributed by atoms with van der Waals surface area (Å²) in [5, 5.41) is 12.9. The summed E-state index contributed by atoms with van der Waals surface area (Å²) in [6, 6.07) is 4.12. The number of hydrogen-bond donors (Lipinski definition) is 2. The zero-order chi connectivity index (χ0) is 12.0. The lowest BCUT2D eigenvalue weighted by molar-refractivity contribution is 0.107. The molecule has 0 saturated carbocycles. The normalized spacial score (nSPS) is 14.0. The van der Waals surface area contributed by atoms with Crippen LogP contribution in [0.15, 0.2) is 22.8 Å². The van der Waals surface area contributed by atoms with Gasteiger partial charge in [0.15, 0.2) is 0 Å². The van der Waals surface area contributed by atoms with Gasteiger partial charge >= 0.3 is 0 Å². The van der Waals surface area contributed by atoms with Crippen LogP contribution < -0.4 is 5.32 Å². The Morgan fingerprint density at radius 3 is 2.88 bits per heavy atom. The average Bonchev–Trinajstić information content (AvgIpc) is 2.67. The molecule has 92 valence electrons. The van der Waals surface area contributed by atoms with Crippen LogP contribution >= 0.6 is 11.8 Å². The SMILES string of the molecule is CC(NCCSCC(C)(C)O)c1ccco1. The Hall–Kier alpha value is -0.450. The molecule has 0 aliphatic carbocycles. The van der Waals surface area contributed by atoms with E-state index in [-0.39, 0.29) is 6.04 Å². The molecule has 1 rings (SSSR count). The number of nitrogens with one attached hydrogen (secondary N) is 1. The molecule has 2 N–H and O–H groups in total. The van der Waals surface area contributed by atoms with Crippen molar-refractivity contribution in [2.24, 2.45) is 0 Å². The number of furan rings is 1. The van der Waals surface area contributed by atoms with E-state index in [2.05, 4.69) is 12.2 Å². The minimum Gasteiger partial charge on any atom is -0.468 e. The molecular formula is C12H21NO2S. The van der Waals surface area contributed by atoms with Crippen molar-refractivity contribution in [1.82, 2.24) is 5.32 Å². The third-order valence-corrected chi connectivity index (χ3v) is 3.53. The van der Waals surface area contributed by atoms with E-state index in [0.29, 0.717) is 0 Å². The fourth-order valence-corrected chi connectivity index (χ4v) is 2.21. The van der Waals surface area contributed by atoms with E-state index in [1.54, 1.807) is 18.0 Å². The Balaban J connectivity index is 2.08. The van der Waals surface area contributed by atoms with E-state index < -0.39 is 5.60 Å². The smallest absolute Gasteiger partial charge is 0.120 e. The summed E-state index contributed by atoms with van der Waals surface area (Å²) in [6.07, 6.45) is 1.69. The molecule has 0 aliphatic heterocycles. The summed E-state index contributed by atoms with van der Waals surface area (Å²) in [7, 11) is 0. The molecule has 4 heteroatoms. The van der Waals surface area contributed by atoms with Crippen LogP contribution in [0.25, 0.3) is 0 Å². The third kappa shape index (κ3) is 5.58. The Bertz CT molecular complexity index is 280. The van der Waals surface area contributed by atoms with Gasteiger partial charge in [-0.3, -0.25) is 0 Å². The molecule has 0 radical (unpaired) electrons. The highest BCUT2D eigenvalue weighted by Crippen LogP contribution is 2.13. The van der Waals surface area contributed by atoms with Crippen LogP contribution in [0, 0.1) is 0 Å². The molecule has 1 unspecified atom stereocenters. The van der Waals surface area contributed by atoms with Gasteiger partial charge in [0.05, 0.1) is 17.9 Å². The van der Waals surface area contributed by atoms with Gasteiger partial charge in [-0.15, -0.1) is 0 Å². The average molecular weight is 243 g/mol. The topological polar surface area (TPSA) is 45.4 Å². The van der Waals surface area contributed by atoms with Crippen molar-refractivity contribution in [1.29, 1.82) is 0 Å². The second-order valence-electron chi connectivity index (χ2n) is 4.56. The van der Waals surface area contributed by atoms with Gasteiger partial charge in [0.25, 0.3) is 0 Å². The maximum atomic E-state index is 9.52. The lowest BCUT2D eigenvalue weighted by Gasteiger charge is -2.16. The van der Waals surface area contributed by atoms with Gasteiger partial charge in [0, 0.05) is 18.1 Å². The molecule has 1 aromatic heterocycles. The lowest BCUT2D eigenvalue weighted by atomic mass is 10.2. The molecule has 1 heterocycles. The Morgan fingerprint density at radius 1 is 1.56 bits per heavy atom. The summed E-state index contributed by atoms with van der Waals surface area (Å²) in [5.41, 5.74) is -0.572. The molecular weight excluding hydrogens is 222 g/mol. The first-order chi connectivity index (χ1) is 7.49. The quantitative estimate of drug-likeness (QED) is 0.722. The molecule has 0 spiro atoms. The van der Waals surface area contributed by atoms with E-state index in [1.807, 2.05) is 26.0 Å². The monoisotopic (exact) mass is 243 g/mol. The molecule has 0 fully saturated rings.